The smallest absolute Gasteiger partial charge is 0.234 e. The van der Waals surface area contributed by atoms with Gasteiger partial charge in [-0.2, -0.15) is 5.10 Å². The minimum Gasteiger partial charge on any atom is -0.282 e. The van der Waals surface area contributed by atoms with Gasteiger partial charge in [0.05, 0.1) is 0 Å². The summed E-state index contributed by atoms with van der Waals surface area (Å²) < 4.78 is -1.41. The first kappa shape index (κ1) is 9.17. The number of rotatable bonds is 1. The van der Waals surface area contributed by atoms with E-state index < -0.39 is 3.79 Å². The van der Waals surface area contributed by atoms with Gasteiger partial charge in [0.15, 0.2) is 0 Å². The van der Waals surface area contributed by atoms with Crippen LogP contribution in [0.1, 0.15) is 18.3 Å². The van der Waals surface area contributed by atoms with Crippen molar-refractivity contribution < 1.29 is 0 Å². The molecule has 1 aromatic rings. The third kappa shape index (κ3) is 2.26. The summed E-state index contributed by atoms with van der Waals surface area (Å²) >= 11 is 16.7. The fourth-order valence-electron chi connectivity index (χ4n) is 0.688. The number of halogens is 3. The lowest BCUT2D eigenvalue weighted by atomic mass is 10.3. The van der Waals surface area contributed by atoms with Crippen molar-refractivity contribution in [2.75, 3.05) is 0 Å². The number of hydrogen-bond acceptors (Lipinski definition) is 1. The number of alkyl halides is 3. The molecule has 1 rings (SSSR count). The second kappa shape index (κ2) is 3.21. The van der Waals surface area contributed by atoms with Crippen LogP contribution in [0.2, 0.25) is 0 Å². The first-order chi connectivity index (χ1) is 5.04. The fraction of sp³-hybridized carbons (Fsp3) is 0.500. The highest BCUT2D eigenvalue weighted by molar-refractivity contribution is 6.66. The lowest BCUT2D eigenvalue weighted by Gasteiger charge is -2.04. The zero-order chi connectivity index (χ0) is 8.48. The minimum atomic E-state index is -1.41. The topological polar surface area (TPSA) is 28.7 Å². The number of hydrogen-bond donors (Lipinski definition) is 1. The summed E-state index contributed by atoms with van der Waals surface area (Å²) in [7, 11) is 0. The SMILES string of the molecule is CCc1cc(C(Cl)(Cl)Cl)n[nH]1. The van der Waals surface area contributed by atoms with Gasteiger partial charge in [-0.25, -0.2) is 0 Å². The summed E-state index contributed by atoms with van der Waals surface area (Å²) in [5.41, 5.74) is 1.41. The molecule has 0 fully saturated rings. The maximum Gasteiger partial charge on any atom is 0.234 e. The Labute approximate surface area is 79.8 Å². The second-order valence-corrected chi connectivity index (χ2v) is 4.41. The van der Waals surface area contributed by atoms with Gasteiger partial charge in [-0.1, -0.05) is 41.7 Å². The Balaban J connectivity index is 2.89. The highest BCUT2D eigenvalue weighted by atomic mass is 35.6. The van der Waals surface area contributed by atoms with Crippen molar-refractivity contribution in [2.24, 2.45) is 0 Å². The monoisotopic (exact) mass is 212 g/mol. The van der Waals surface area contributed by atoms with Crippen LogP contribution >= 0.6 is 34.8 Å². The Kier molecular flexibility index (Phi) is 2.68. The maximum atomic E-state index is 5.58. The average Bonchev–Trinajstić information content (AvgIpc) is 2.32. The zero-order valence-electron chi connectivity index (χ0n) is 5.87. The summed E-state index contributed by atoms with van der Waals surface area (Å²) in [6.07, 6.45) is 0.855. The van der Waals surface area contributed by atoms with Crippen molar-refractivity contribution >= 4 is 34.8 Å². The number of nitrogens with one attached hydrogen (secondary N) is 1. The highest BCUT2D eigenvalue weighted by Crippen LogP contribution is 2.36. The standard InChI is InChI=1S/C6H7Cl3N2/c1-2-4-3-5(11-10-4)6(7,8)9/h3H,2H2,1H3,(H,10,11). The van der Waals surface area contributed by atoms with Crippen molar-refractivity contribution in [1.82, 2.24) is 10.2 Å². The summed E-state index contributed by atoms with van der Waals surface area (Å²) in [4.78, 5) is 0. The molecule has 1 aromatic heterocycles. The number of H-pyrrole nitrogens is 1. The van der Waals surface area contributed by atoms with Crippen LogP contribution < -0.4 is 0 Å². The molecule has 2 nitrogen and oxygen atoms in total. The Morgan fingerprint density at radius 1 is 1.55 bits per heavy atom. The van der Waals surface area contributed by atoms with Crippen LogP contribution in [0.4, 0.5) is 0 Å². The molecule has 0 unspecified atom stereocenters. The van der Waals surface area contributed by atoms with Crippen LogP contribution in [0.5, 0.6) is 0 Å². The Morgan fingerprint density at radius 3 is 2.45 bits per heavy atom. The lowest BCUT2D eigenvalue weighted by molar-refractivity contribution is 0.946. The number of aromatic amines is 1. The van der Waals surface area contributed by atoms with E-state index in [0.717, 1.165) is 12.1 Å². The van der Waals surface area contributed by atoms with Crippen molar-refractivity contribution in [3.8, 4) is 0 Å². The normalized spacial score (nSPS) is 12.0. The predicted molar refractivity (Wildman–Crippen MR) is 47.2 cm³/mol. The van der Waals surface area contributed by atoms with Gasteiger partial charge in [-0.05, 0) is 12.5 Å². The molecule has 0 bridgehead atoms. The predicted octanol–water partition coefficient (Wildman–Crippen LogP) is 2.80. The van der Waals surface area contributed by atoms with Gasteiger partial charge in [0.1, 0.15) is 5.69 Å². The largest absolute Gasteiger partial charge is 0.282 e. The highest BCUT2D eigenvalue weighted by Gasteiger charge is 2.25. The fourth-order valence-corrected chi connectivity index (χ4v) is 0.978. The van der Waals surface area contributed by atoms with Gasteiger partial charge in [-0.3, -0.25) is 5.10 Å². The van der Waals surface area contributed by atoms with Gasteiger partial charge in [0.2, 0.25) is 3.79 Å². The molecular weight excluding hydrogens is 206 g/mol. The molecule has 0 saturated carbocycles. The van der Waals surface area contributed by atoms with E-state index in [1.807, 2.05) is 6.92 Å². The first-order valence-corrected chi connectivity index (χ1v) is 4.29. The second-order valence-electron chi connectivity index (χ2n) is 2.13. The molecule has 0 saturated heterocycles. The average molecular weight is 213 g/mol. The van der Waals surface area contributed by atoms with Crippen LogP contribution in [-0.4, -0.2) is 10.2 Å². The van der Waals surface area contributed by atoms with E-state index in [0.29, 0.717) is 5.69 Å². The molecule has 0 radical (unpaired) electrons. The van der Waals surface area contributed by atoms with E-state index in [2.05, 4.69) is 10.2 Å². The Morgan fingerprint density at radius 2 is 2.18 bits per heavy atom. The molecule has 0 aromatic carbocycles. The molecule has 62 valence electrons. The van der Waals surface area contributed by atoms with Crippen LogP contribution in [-0.2, 0) is 10.2 Å². The summed E-state index contributed by atoms with van der Waals surface area (Å²) in [6, 6.07) is 1.74. The molecule has 0 atom stereocenters. The van der Waals surface area contributed by atoms with Crippen molar-refractivity contribution in [1.29, 1.82) is 0 Å². The van der Waals surface area contributed by atoms with Gasteiger partial charge in [0.25, 0.3) is 0 Å². The molecule has 5 heteroatoms. The van der Waals surface area contributed by atoms with Crippen LogP contribution in [0.15, 0.2) is 6.07 Å². The Bertz CT molecular complexity index is 238. The first-order valence-electron chi connectivity index (χ1n) is 3.15. The number of nitrogens with zero attached hydrogens (tertiary/aromatic N) is 1. The van der Waals surface area contributed by atoms with E-state index >= 15 is 0 Å². The minimum absolute atomic E-state index is 0.444. The van der Waals surface area contributed by atoms with Gasteiger partial charge in [-0.15, -0.1) is 0 Å². The van der Waals surface area contributed by atoms with Gasteiger partial charge in [0, 0.05) is 5.69 Å². The van der Waals surface area contributed by atoms with Gasteiger partial charge < -0.3 is 0 Å². The van der Waals surface area contributed by atoms with Gasteiger partial charge >= 0.3 is 0 Å². The van der Waals surface area contributed by atoms with Crippen LogP contribution in [0, 0.1) is 0 Å². The number of aryl methyl sites for hydroxylation is 1. The van der Waals surface area contributed by atoms with Crippen molar-refractivity contribution in [3.63, 3.8) is 0 Å². The maximum absolute atomic E-state index is 5.58. The summed E-state index contributed by atoms with van der Waals surface area (Å²) in [6.45, 7) is 2.00. The van der Waals surface area contributed by atoms with E-state index in [1.165, 1.54) is 0 Å². The third-order valence-electron chi connectivity index (χ3n) is 1.30. The molecule has 0 aliphatic carbocycles. The van der Waals surface area contributed by atoms with Crippen molar-refractivity contribution in [3.05, 3.63) is 17.5 Å². The molecule has 0 spiro atoms. The molecule has 0 aliphatic heterocycles. The summed E-state index contributed by atoms with van der Waals surface area (Å²) in [5, 5.41) is 6.60. The summed E-state index contributed by atoms with van der Waals surface area (Å²) in [5.74, 6) is 0. The number of aromatic nitrogens is 2. The van der Waals surface area contributed by atoms with E-state index in [9.17, 15) is 0 Å². The van der Waals surface area contributed by atoms with Crippen molar-refractivity contribution in [2.45, 2.75) is 17.1 Å². The quantitative estimate of drug-likeness (QED) is 0.714. The lowest BCUT2D eigenvalue weighted by Crippen LogP contribution is -1.99. The third-order valence-corrected chi connectivity index (χ3v) is 1.88. The molecule has 0 amide bonds. The van der Waals surface area contributed by atoms with E-state index in [-0.39, 0.29) is 0 Å². The van der Waals surface area contributed by atoms with Crippen LogP contribution in [0.25, 0.3) is 0 Å². The van der Waals surface area contributed by atoms with E-state index in [4.69, 9.17) is 34.8 Å². The molecular formula is C6H7Cl3N2. The molecule has 11 heavy (non-hydrogen) atoms. The zero-order valence-corrected chi connectivity index (χ0v) is 8.13. The van der Waals surface area contributed by atoms with E-state index in [1.54, 1.807) is 6.07 Å². The molecule has 1 heterocycles. The van der Waals surface area contributed by atoms with Crippen LogP contribution in [0.3, 0.4) is 0 Å². The Hall–Kier alpha value is 0.0800. The molecule has 1 N–H and O–H groups in total. The molecule has 0 aliphatic rings.